The van der Waals surface area contributed by atoms with Crippen LogP contribution < -0.4 is 21.7 Å². The van der Waals surface area contributed by atoms with E-state index in [1.54, 1.807) is 36.2 Å². The van der Waals surface area contributed by atoms with Crippen LogP contribution in [-0.2, 0) is 13.2 Å². The van der Waals surface area contributed by atoms with Crippen LogP contribution in [0.1, 0.15) is 34.8 Å². The molecule has 1 aliphatic heterocycles. The maximum absolute atomic E-state index is 13.3. The standard InChI is InChI=1S/C23H20F3N5O2/c1-14-20(19-10-11-28-31(19)17-8-6-15(13-27)7-9-17)21(32)29(2)22(33)30(14)18-5-3-4-16(12-18)23(24,25)26/h3-9,12,19,28H,10-11H2,1-2H3. The number of hydrogen-bond acceptors (Lipinski definition) is 5. The van der Waals surface area contributed by atoms with Crippen molar-refractivity contribution in [3.05, 3.63) is 91.8 Å². The van der Waals surface area contributed by atoms with Crippen molar-refractivity contribution in [2.45, 2.75) is 25.6 Å². The maximum Gasteiger partial charge on any atom is 0.416 e. The minimum absolute atomic E-state index is 0.0278. The Morgan fingerprint density at radius 2 is 1.79 bits per heavy atom. The first-order valence-electron chi connectivity index (χ1n) is 10.2. The minimum Gasteiger partial charge on any atom is -0.301 e. The van der Waals surface area contributed by atoms with Crippen molar-refractivity contribution < 1.29 is 13.2 Å². The molecule has 1 atom stereocenters. The topological polar surface area (TPSA) is 83.1 Å². The van der Waals surface area contributed by atoms with Gasteiger partial charge in [-0.05, 0) is 55.8 Å². The van der Waals surface area contributed by atoms with Gasteiger partial charge in [0.05, 0.1) is 40.2 Å². The highest BCUT2D eigenvalue weighted by Crippen LogP contribution is 2.33. The summed E-state index contributed by atoms with van der Waals surface area (Å²) in [5, 5.41) is 10.8. The Morgan fingerprint density at radius 1 is 1.09 bits per heavy atom. The smallest absolute Gasteiger partial charge is 0.301 e. The molecule has 1 saturated heterocycles. The molecule has 1 aliphatic rings. The van der Waals surface area contributed by atoms with Crippen molar-refractivity contribution >= 4 is 5.69 Å². The van der Waals surface area contributed by atoms with Crippen molar-refractivity contribution in [1.82, 2.24) is 14.6 Å². The fraction of sp³-hybridized carbons (Fsp3) is 0.261. The molecule has 0 aliphatic carbocycles. The number of hydrazine groups is 1. The van der Waals surface area contributed by atoms with Gasteiger partial charge in [-0.15, -0.1) is 0 Å². The van der Waals surface area contributed by atoms with Crippen LogP contribution in [0, 0.1) is 18.3 Å². The number of benzene rings is 2. The van der Waals surface area contributed by atoms with Crippen molar-refractivity contribution in [1.29, 1.82) is 5.26 Å². The van der Waals surface area contributed by atoms with Gasteiger partial charge in [0.15, 0.2) is 0 Å². The average Bonchev–Trinajstić information content (AvgIpc) is 3.27. The van der Waals surface area contributed by atoms with Crippen LogP contribution >= 0.6 is 0 Å². The van der Waals surface area contributed by atoms with E-state index in [2.05, 4.69) is 5.43 Å². The van der Waals surface area contributed by atoms with E-state index in [-0.39, 0.29) is 11.4 Å². The Labute approximate surface area is 186 Å². The molecule has 0 bridgehead atoms. The summed E-state index contributed by atoms with van der Waals surface area (Å²) in [6.45, 7) is 2.11. The predicted molar refractivity (Wildman–Crippen MR) is 116 cm³/mol. The SMILES string of the molecule is Cc1c(C2CCNN2c2ccc(C#N)cc2)c(=O)n(C)c(=O)n1-c1cccc(C(F)(F)F)c1. The van der Waals surface area contributed by atoms with E-state index < -0.39 is 29.0 Å². The zero-order chi connectivity index (χ0) is 23.9. The number of aromatic nitrogens is 2. The molecule has 1 N–H and O–H groups in total. The van der Waals surface area contributed by atoms with E-state index in [1.807, 2.05) is 6.07 Å². The van der Waals surface area contributed by atoms with Gasteiger partial charge in [0, 0.05) is 19.3 Å². The lowest BCUT2D eigenvalue weighted by atomic mass is 10.0. The summed E-state index contributed by atoms with van der Waals surface area (Å²) < 4.78 is 41.9. The van der Waals surface area contributed by atoms with Gasteiger partial charge in [-0.1, -0.05) is 6.07 Å². The largest absolute Gasteiger partial charge is 0.416 e. The molecule has 7 nitrogen and oxygen atoms in total. The Bertz CT molecular complexity index is 1370. The molecule has 10 heteroatoms. The molecule has 1 unspecified atom stereocenters. The van der Waals surface area contributed by atoms with Crippen LogP contribution in [0.4, 0.5) is 18.9 Å². The van der Waals surface area contributed by atoms with Gasteiger partial charge >= 0.3 is 11.9 Å². The highest BCUT2D eigenvalue weighted by atomic mass is 19.4. The number of alkyl halides is 3. The van der Waals surface area contributed by atoms with Gasteiger partial charge in [-0.3, -0.25) is 13.9 Å². The summed E-state index contributed by atoms with van der Waals surface area (Å²) in [6, 6.07) is 12.8. The molecule has 2 aromatic carbocycles. The normalized spacial score (nSPS) is 16.1. The number of hydrogen-bond donors (Lipinski definition) is 1. The molecular formula is C23H20F3N5O2. The Kier molecular flexibility index (Phi) is 5.59. The predicted octanol–water partition coefficient (Wildman–Crippen LogP) is 3.19. The summed E-state index contributed by atoms with van der Waals surface area (Å²) in [5.74, 6) is 0. The molecule has 33 heavy (non-hydrogen) atoms. The molecule has 2 heterocycles. The van der Waals surface area contributed by atoms with Crippen molar-refractivity contribution in [2.24, 2.45) is 7.05 Å². The molecule has 0 spiro atoms. The summed E-state index contributed by atoms with van der Waals surface area (Å²) in [5.41, 5.74) is 2.90. The fourth-order valence-corrected chi connectivity index (χ4v) is 4.15. The Morgan fingerprint density at radius 3 is 2.42 bits per heavy atom. The highest BCUT2D eigenvalue weighted by Gasteiger charge is 2.33. The summed E-state index contributed by atoms with van der Waals surface area (Å²) >= 11 is 0. The zero-order valence-corrected chi connectivity index (χ0v) is 17.8. The second-order valence-corrected chi connectivity index (χ2v) is 7.77. The number of halogens is 3. The third-order valence-electron chi connectivity index (χ3n) is 5.79. The fourth-order valence-electron chi connectivity index (χ4n) is 4.15. The molecule has 1 fully saturated rings. The van der Waals surface area contributed by atoms with Crippen LogP contribution in [0.5, 0.6) is 0 Å². The van der Waals surface area contributed by atoms with Gasteiger partial charge in [0.2, 0.25) is 0 Å². The minimum atomic E-state index is -4.57. The molecule has 170 valence electrons. The second-order valence-electron chi connectivity index (χ2n) is 7.77. The summed E-state index contributed by atoms with van der Waals surface area (Å²) in [7, 11) is 1.31. The van der Waals surface area contributed by atoms with Gasteiger partial charge in [-0.25, -0.2) is 10.2 Å². The first-order valence-corrected chi connectivity index (χ1v) is 10.2. The monoisotopic (exact) mass is 455 g/mol. The van der Waals surface area contributed by atoms with E-state index in [4.69, 9.17) is 5.26 Å². The first kappa shape index (κ1) is 22.4. The van der Waals surface area contributed by atoms with Crippen LogP contribution in [0.3, 0.4) is 0 Å². The van der Waals surface area contributed by atoms with E-state index in [0.29, 0.717) is 24.1 Å². The second kappa shape index (κ2) is 8.26. The van der Waals surface area contributed by atoms with Gasteiger partial charge < -0.3 is 5.01 Å². The third kappa shape index (κ3) is 3.91. The molecule has 1 aromatic heterocycles. The van der Waals surface area contributed by atoms with Gasteiger partial charge in [-0.2, -0.15) is 18.4 Å². The van der Waals surface area contributed by atoms with Gasteiger partial charge in [0.25, 0.3) is 5.56 Å². The number of nitrogens with one attached hydrogen (secondary N) is 1. The molecule has 0 amide bonds. The molecule has 4 rings (SSSR count). The Balaban J connectivity index is 1.88. The van der Waals surface area contributed by atoms with Gasteiger partial charge in [0.1, 0.15) is 0 Å². The van der Waals surface area contributed by atoms with Crippen LogP contribution in [0.2, 0.25) is 0 Å². The van der Waals surface area contributed by atoms with Crippen molar-refractivity contribution in [2.75, 3.05) is 11.6 Å². The molecule has 3 aromatic rings. The lowest BCUT2D eigenvalue weighted by molar-refractivity contribution is -0.137. The van der Waals surface area contributed by atoms with E-state index in [9.17, 15) is 22.8 Å². The quantitative estimate of drug-likeness (QED) is 0.656. The lowest BCUT2D eigenvalue weighted by Gasteiger charge is -2.28. The number of anilines is 1. The molecular weight excluding hydrogens is 435 g/mol. The van der Waals surface area contributed by atoms with E-state index in [0.717, 1.165) is 27.0 Å². The summed E-state index contributed by atoms with van der Waals surface area (Å²) in [4.78, 5) is 26.1. The Hall–Kier alpha value is -3.84. The van der Waals surface area contributed by atoms with Crippen LogP contribution in [-0.4, -0.2) is 15.7 Å². The summed E-state index contributed by atoms with van der Waals surface area (Å²) in [6.07, 6.45) is -4.03. The van der Waals surface area contributed by atoms with Crippen LogP contribution in [0.15, 0.2) is 58.1 Å². The van der Waals surface area contributed by atoms with Crippen molar-refractivity contribution in [3.8, 4) is 11.8 Å². The zero-order valence-electron chi connectivity index (χ0n) is 17.8. The molecule has 0 radical (unpaired) electrons. The van der Waals surface area contributed by atoms with Crippen molar-refractivity contribution in [3.63, 3.8) is 0 Å². The number of nitrogens with zero attached hydrogens (tertiary/aromatic N) is 4. The third-order valence-corrected chi connectivity index (χ3v) is 5.79. The van der Waals surface area contributed by atoms with E-state index in [1.165, 1.54) is 19.2 Å². The first-order chi connectivity index (χ1) is 15.6. The highest BCUT2D eigenvalue weighted by molar-refractivity contribution is 5.52. The molecule has 0 saturated carbocycles. The number of nitriles is 1. The van der Waals surface area contributed by atoms with Crippen LogP contribution in [0.25, 0.3) is 5.69 Å². The average molecular weight is 455 g/mol. The lowest BCUT2D eigenvalue weighted by Crippen LogP contribution is -2.44. The van der Waals surface area contributed by atoms with E-state index >= 15 is 0 Å². The maximum atomic E-state index is 13.3. The number of rotatable bonds is 3.